The van der Waals surface area contributed by atoms with Crippen LogP contribution in [0.15, 0.2) is 22.7 Å². The van der Waals surface area contributed by atoms with Crippen LogP contribution in [-0.4, -0.2) is 16.1 Å². The number of H-pyrrole nitrogens is 1. The molecule has 0 bridgehead atoms. The standard InChI is InChI=1S/C11H14N4O2/c1-7-8(6-14-15-7)5-13-11(16)10-3-2-9(4-12)17-10/h2-3,6H,4-5,12H2,1H3,(H,13,16)(H,14,15). The van der Waals surface area contributed by atoms with Crippen LogP contribution in [0.5, 0.6) is 0 Å². The first-order chi connectivity index (χ1) is 8.20. The van der Waals surface area contributed by atoms with Gasteiger partial charge in [-0.3, -0.25) is 9.89 Å². The predicted molar refractivity (Wildman–Crippen MR) is 61.1 cm³/mol. The van der Waals surface area contributed by atoms with Gasteiger partial charge in [-0.05, 0) is 19.1 Å². The van der Waals surface area contributed by atoms with Crippen LogP contribution in [0.3, 0.4) is 0 Å². The van der Waals surface area contributed by atoms with Gasteiger partial charge in [-0.25, -0.2) is 0 Å². The van der Waals surface area contributed by atoms with Crippen LogP contribution in [-0.2, 0) is 13.1 Å². The third-order valence-electron chi connectivity index (χ3n) is 2.46. The summed E-state index contributed by atoms with van der Waals surface area (Å²) in [7, 11) is 0. The van der Waals surface area contributed by atoms with Crippen LogP contribution < -0.4 is 11.1 Å². The van der Waals surface area contributed by atoms with Gasteiger partial charge in [0.05, 0.1) is 12.7 Å². The van der Waals surface area contributed by atoms with Crippen molar-refractivity contribution in [2.45, 2.75) is 20.0 Å². The van der Waals surface area contributed by atoms with Crippen LogP contribution in [0.4, 0.5) is 0 Å². The fraction of sp³-hybridized carbons (Fsp3) is 0.273. The molecule has 0 atom stereocenters. The molecule has 6 nitrogen and oxygen atoms in total. The van der Waals surface area contributed by atoms with Crippen LogP contribution >= 0.6 is 0 Å². The van der Waals surface area contributed by atoms with Gasteiger partial charge in [-0.1, -0.05) is 0 Å². The second-order valence-corrected chi connectivity index (χ2v) is 3.67. The van der Waals surface area contributed by atoms with Gasteiger partial charge in [-0.15, -0.1) is 0 Å². The first-order valence-electron chi connectivity index (χ1n) is 5.26. The molecule has 0 aromatic carbocycles. The van der Waals surface area contributed by atoms with E-state index in [1.165, 1.54) is 0 Å². The van der Waals surface area contributed by atoms with E-state index in [2.05, 4.69) is 15.5 Å². The molecule has 2 rings (SSSR count). The highest BCUT2D eigenvalue weighted by Crippen LogP contribution is 2.08. The van der Waals surface area contributed by atoms with E-state index in [-0.39, 0.29) is 18.2 Å². The minimum absolute atomic E-state index is 0.259. The van der Waals surface area contributed by atoms with E-state index in [1.54, 1.807) is 18.3 Å². The first kappa shape index (κ1) is 11.4. The van der Waals surface area contributed by atoms with Crippen molar-refractivity contribution in [2.24, 2.45) is 5.73 Å². The van der Waals surface area contributed by atoms with Crippen LogP contribution in [0.1, 0.15) is 27.6 Å². The average Bonchev–Trinajstić information content (AvgIpc) is 2.94. The zero-order valence-corrected chi connectivity index (χ0v) is 9.49. The number of carbonyl (C=O) groups excluding carboxylic acids is 1. The smallest absolute Gasteiger partial charge is 0.287 e. The summed E-state index contributed by atoms with van der Waals surface area (Å²) in [6.45, 7) is 2.60. The Bertz CT molecular complexity index is 515. The van der Waals surface area contributed by atoms with Crippen LogP contribution in [0.25, 0.3) is 0 Å². The highest BCUT2D eigenvalue weighted by molar-refractivity contribution is 5.91. The molecule has 1 amide bonds. The second-order valence-electron chi connectivity index (χ2n) is 3.67. The number of nitrogens with two attached hydrogens (primary N) is 1. The van der Waals surface area contributed by atoms with Gasteiger partial charge in [0.2, 0.25) is 0 Å². The number of amides is 1. The third-order valence-corrected chi connectivity index (χ3v) is 2.46. The number of hydrogen-bond donors (Lipinski definition) is 3. The van der Waals surface area contributed by atoms with Gasteiger partial charge in [0.15, 0.2) is 5.76 Å². The average molecular weight is 234 g/mol. The van der Waals surface area contributed by atoms with E-state index >= 15 is 0 Å². The van der Waals surface area contributed by atoms with E-state index in [4.69, 9.17) is 10.2 Å². The van der Waals surface area contributed by atoms with Crippen LogP contribution in [0, 0.1) is 6.92 Å². The summed E-state index contributed by atoms with van der Waals surface area (Å²) < 4.78 is 5.23. The number of rotatable bonds is 4. The summed E-state index contributed by atoms with van der Waals surface area (Å²) in [5, 5.41) is 9.42. The lowest BCUT2D eigenvalue weighted by molar-refractivity contribution is 0.0921. The molecule has 0 saturated heterocycles. The summed E-state index contributed by atoms with van der Waals surface area (Å²) in [4.78, 5) is 11.7. The monoisotopic (exact) mass is 234 g/mol. The van der Waals surface area contributed by atoms with E-state index in [9.17, 15) is 4.79 Å². The fourth-order valence-corrected chi connectivity index (χ4v) is 1.43. The van der Waals surface area contributed by atoms with Crippen molar-refractivity contribution in [2.75, 3.05) is 0 Å². The Morgan fingerprint density at radius 2 is 2.41 bits per heavy atom. The largest absolute Gasteiger partial charge is 0.455 e. The predicted octanol–water partition coefficient (Wildman–Crippen LogP) is 0.700. The van der Waals surface area contributed by atoms with E-state index in [1.807, 2.05) is 6.92 Å². The maximum Gasteiger partial charge on any atom is 0.287 e. The Morgan fingerprint density at radius 3 is 3.00 bits per heavy atom. The Hall–Kier alpha value is -2.08. The van der Waals surface area contributed by atoms with Gasteiger partial charge in [0, 0.05) is 17.8 Å². The molecule has 0 radical (unpaired) electrons. The summed E-state index contributed by atoms with van der Waals surface area (Å²) in [5.74, 6) is 0.603. The first-order valence-corrected chi connectivity index (χ1v) is 5.26. The van der Waals surface area contributed by atoms with Crippen molar-refractivity contribution in [3.63, 3.8) is 0 Å². The van der Waals surface area contributed by atoms with Gasteiger partial charge >= 0.3 is 0 Å². The van der Waals surface area contributed by atoms with Crippen molar-refractivity contribution >= 4 is 5.91 Å². The Labute approximate surface area is 98.2 Å². The zero-order valence-electron chi connectivity index (χ0n) is 9.49. The summed E-state index contributed by atoms with van der Waals surface area (Å²) in [6, 6.07) is 3.30. The molecule has 0 aliphatic rings. The maximum atomic E-state index is 11.7. The highest BCUT2D eigenvalue weighted by Gasteiger charge is 2.11. The Balaban J connectivity index is 1.95. The number of aryl methyl sites for hydroxylation is 1. The number of nitrogens with one attached hydrogen (secondary N) is 2. The number of aromatic amines is 1. The summed E-state index contributed by atoms with van der Waals surface area (Å²) in [5.41, 5.74) is 7.28. The van der Waals surface area contributed by atoms with Gasteiger partial charge in [0.25, 0.3) is 5.91 Å². The minimum atomic E-state index is -0.259. The summed E-state index contributed by atoms with van der Waals surface area (Å²) in [6.07, 6.45) is 1.68. The van der Waals surface area contributed by atoms with Crippen molar-refractivity contribution in [1.29, 1.82) is 0 Å². The molecule has 2 aromatic rings. The lowest BCUT2D eigenvalue weighted by Crippen LogP contribution is -2.22. The SMILES string of the molecule is Cc1[nH]ncc1CNC(=O)c1ccc(CN)o1. The highest BCUT2D eigenvalue weighted by atomic mass is 16.4. The minimum Gasteiger partial charge on any atom is -0.455 e. The van der Waals surface area contributed by atoms with Crippen molar-refractivity contribution < 1.29 is 9.21 Å². The zero-order chi connectivity index (χ0) is 12.3. The Kier molecular flexibility index (Phi) is 3.24. The van der Waals surface area contributed by atoms with Gasteiger partial charge < -0.3 is 15.5 Å². The molecule has 0 spiro atoms. The van der Waals surface area contributed by atoms with Crippen LogP contribution in [0.2, 0.25) is 0 Å². The number of aromatic nitrogens is 2. The molecular weight excluding hydrogens is 220 g/mol. The summed E-state index contributed by atoms with van der Waals surface area (Å²) >= 11 is 0. The lowest BCUT2D eigenvalue weighted by atomic mass is 10.2. The molecule has 0 fully saturated rings. The van der Waals surface area contributed by atoms with Gasteiger partial charge in [-0.2, -0.15) is 5.10 Å². The number of furan rings is 1. The van der Waals surface area contributed by atoms with E-state index in [0.29, 0.717) is 12.3 Å². The number of nitrogens with zero attached hydrogens (tertiary/aromatic N) is 1. The molecule has 0 aliphatic heterocycles. The molecule has 6 heteroatoms. The number of carbonyl (C=O) groups is 1. The maximum absolute atomic E-state index is 11.7. The third kappa shape index (κ3) is 2.54. The normalized spacial score (nSPS) is 10.5. The lowest BCUT2D eigenvalue weighted by Gasteiger charge is -2.01. The van der Waals surface area contributed by atoms with E-state index in [0.717, 1.165) is 11.3 Å². The molecule has 2 aromatic heterocycles. The molecule has 0 aliphatic carbocycles. The number of hydrogen-bond acceptors (Lipinski definition) is 4. The van der Waals surface area contributed by atoms with Crippen molar-refractivity contribution in [1.82, 2.24) is 15.5 Å². The molecular formula is C11H14N4O2. The van der Waals surface area contributed by atoms with Gasteiger partial charge in [0.1, 0.15) is 5.76 Å². The Morgan fingerprint density at radius 1 is 1.59 bits per heavy atom. The topological polar surface area (TPSA) is 96.9 Å². The molecule has 2 heterocycles. The fourth-order valence-electron chi connectivity index (χ4n) is 1.43. The molecule has 17 heavy (non-hydrogen) atoms. The molecule has 4 N–H and O–H groups in total. The second kappa shape index (κ2) is 4.84. The quantitative estimate of drug-likeness (QED) is 0.725. The molecule has 90 valence electrons. The van der Waals surface area contributed by atoms with E-state index < -0.39 is 0 Å². The molecule has 0 unspecified atom stereocenters. The molecule has 0 saturated carbocycles. The van der Waals surface area contributed by atoms with Crippen molar-refractivity contribution in [3.8, 4) is 0 Å². The van der Waals surface area contributed by atoms with Crippen molar-refractivity contribution in [3.05, 3.63) is 41.1 Å².